The monoisotopic (exact) mass is 249 g/mol. The molecule has 0 aliphatic rings. The molecule has 0 unspecified atom stereocenters. The summed E-state index contributed by atoms with van der Waals surface area (Å²) < 4.78 is 0. The number of hydrogen-bond donors (Lipinski definition) is 1. The van der Waals surface area contributed by atoms with Gasteiger partial charge in [-0.15, -0.1) is 0 Å². The van der Waals surface area contributed by atoms with Crippen LogP contribution in [0.4, 0.5) is 5.69 Å². The molecule has 0 saturated heterocycles. The van der Waals surface area contributed by atoms with Crippen LogP contribution in [0.15, 0.2) is 18.3 Å². The molecule has 0 aliphatic heterocycles. The minimum absolute atomic E-state index is 0.0668. The van der Waals surface area contributed by atoms with E-state index in [1.165, 1.54) is 12.8 Å². The van der Waals surface area contributed by atoms with E-state index in [2.05, 4.69) is 17.2 Å². The lowest BCUT2D eigenvalue weighted by molar-refractivity contribution is -0.117. The second-order valence-corrected chi connectivity index (χ2v) is 4.49. The number of carbonyl (C=O) groups is 1. The molecular formula is C14H23N3O. The topological polar surface area (TPSA) is 45.2 Å². The van der Waals surface area contributed by atoms with Gasteiger partial charge in [-0.2, -0.15) is 0 Å². The van der Waals surface area contributed by atoms with Crippen LogP contribution < -0.4 is 10.2 Å². The molecule has 1 aromatic rings. The summed E-state index contributed by atoms with van der Waals surface area (Å²) in [6, 6.07) is 3.82. The Kier molecular flexibility index (Phi) is 6.36. The van der Waals surface area contributed by atoms with E-state index < -0.39 is 0 Å². The summed E-state index contributed by atoms with van der Waals surface area (Å²) in [5.41, 5.74) is 1.79. The Balaban J connectivity index is 2.34. The molecule has 0 aromatic carbocycles. The average molecular weight is 249 g/mol. The standard InChI is InChI=1S/C14H23N3O/c1-4-5-6-9-15-11-14(18)17(3)13-8-7-12(2)16-10-13/h7-8,10,15H,4-6,9,11H2,1-3H3. The molecule has 1 amide bonds. The predicted octanol–water partition coefficient (Wildman–Crippen LogP) is 2.13. The van der Waals surface area contributed by atoms with Gasteiger partial charge in [0, 0.05) is 12.7 Å². The summed E-state index contributed by atoms with van der Waals surface area (Å²) in [6.07, 6.45) is 5.26. The molecule has 0 atom stereocenters. The van der Waals surface area contributed by atoms with Crippen LogP contribution >= 0.6 is 0 Å². The Labute approximate surface area is 109 Å². The van der Waals surface area contributed by atoms with Crippen molar-refractivity contribution in [3.63, 3.8) is 0 Å². The van der Waals surface area contributed by atoms with Crippen molar-refractivity contribution in [2.45, 2.75) is 33.1 Å². The minimum Gasteiger partial charge on any atom is -0.313 e. The number of aromatic nitrogens is 1. The number of aryl methyl sites for hydroxylation is 1. The fourth-order valence-electron chi connectivity index (χ4n) is 1.62. The Morgan fingerprint density at radius 1 is 1.39 bits per heavy atom. The van der Waals surface area contributed by atoms with Crippen molar-refractivity contribution in [2.75, 3.05) is 25.0 Å². The van der Waals surface area contributed by atoms with E-state index in [0.717, 1.165) is 24.3 Å². The molecule has 1 N–H and O–H groups in total. The number of likely N-dealkylation sites (N-methyl/N-ethyl adjacent to an activating group) is 1. The lowest BCUT2D eigenvalue weighted by atomic mass is 10.2. The molecule has 0 fully saturated rings. The number of rotatable bonds is 7. The lowest BCUT2D eigenvalue weighted by Crippen LogP contribution is -2.35. The van der Waals surface area contributed by atoms with Gasteiger partial charge in [-0.25, -0.2) is 0 Å². The molecule has 18 heavy (non-hydrogen) atoms. The summed E-state index contributed by atoms with van der Waals surface area (Å²) in [5.74, 6) is 0.0668. The van der Waals surface area contributed by atoms with Crippen molar-refractivity contribution < 1.29 is 4.79 Å². The van der Waals surface area contributed by atoms with E-state index in [9.17, 15) is 4.79 Å². The predicted molar refractivity (Wildman–Crippen MR) is 74.8 cm³/mol. The van der Waals surface area contributed by atoms with Crippen LogP contribution in [0.1, 0.15) is 31.9 Å². The van der Waals surface area contributed by atoms with Crippen LogP contribution in [0, 0.1) is 6.92 Å². The van der Waals surface area contributed by atoms with Crippen LogP contribution in [0.3, 0.4) is 0 Å². The zero-order chi connectivity index (χ0) is 13.4. The van der Waals surface area contributed by atoms with Gasteiger partial charge in [-0.1, -0.05) is 19.8 Å². The van der Waals surface area contributed by atoms with Gasteiger partial charge in [0.2, 0.25) is 5.91 Å². The second kappa shape index (κ2) is 7.82. The van der Waals surface area contributed by atoms with Crippen LogP contribution in [0.2, 0.25) is 0 Å². The van der Waals surface area contributed by atoms with Crippen LogP contribution in [-0.2, 0) is 4.79 Å². The third-order valence-electron chi connectivity index (χ3n) is 2.89. The first-order valence-corrected chi connectivity index (χ1v) is 6.55. The maximum Gasteiger partial charge on any atom is 0.240 e. The normalized spacial score (nSPS) is 10.4. The molecule has 4 nitrogen and oxygen atoms in total. The van der Waals surface area contributed by atoms with Gasteiger partial charge >= 0.3 is 0 Å². The molecule has 4 heteroatoms. The largest absolute Gasteiger partial charge is 0.313 e. The van der Waals surface area contributed by atoms with Gasteiger partial charge in [-0.3, -0.25) is 9.78 Å². The first-order valence-electron chi connectivity index (χ1n) is 6.55. The maximum atomic E-state index is 11.9. The second-order valence-electron chi connectivity index (χ2n) is 4.49. The molecule has 1 heterocycles. The molecule has 0 aliphatic carbocycles. The molecule has 100 valence electrons. The Morgan fingerprint density at radius 2 is 2.17 bits per heavy atom. The van der Waals surface area contributed by atoms with Crippen molar-refractivity contribution in [1.82, 2.24) is 10.3 Å². The number of pyridine rings is 1. The van der Waals surface area contributed by atoms with Gasteiger partial charge in [-0.05, 0) is 32.0 Å². The first-order chi connectivity index (χ1) is 8.65. The van der Waals surface area contributed by atoms with Crippen LogP contribution in [-0.4, -0.2) is 31.0 Å². The minimum atomic E-state index is 0.0668. The van der Waals surface area contributed by atoms with Crippen molar-refractivity contribution >= 4 is 11.6 Å². The molecule has 0 bridgehead atoms. The third-order valence-corrected chi connectivity index (χ3v) is 2.89. The smallest absolute Gasteiger partial charge is 0.240 e. The van der Waals surface area contributed by atoms with Gasteiger partial charge in [0.15, 0.2) is 0 Å². The van der Waals surface area contributed by atoms with E-state index in [4.69, 9.17) is 0 Å². The molecule has 1 rings (SSSR count). The molecule has 0 radical (unpaired) electrons. The Hall–Kier alpha value is -1.42. The maximum absolute atomic E-state index is 11.9. The number of carbonyl (C=O) groups excluding carboxylic acids is 1. The van der Waals surface area contributed by atoms with E-state index >= 15 is 0 Å². The quantitative estimate of drug-likeness (QED) is 0.753. The number of anilines is 1. The molecule has 0 spiro atoms. The zero-order valence-corrected chi connectivity index (χ0v) is 11.6. The van der Waals surface area contributed by atoms with E-state index in [1.54, 1.807) is 18.1 Å². The Bertz CT molecular complexity index is 362. The van der Waals surface area contributed by atoms with Crippen molar-refractivity contribution in [1.29, 1.82) is 0 Å². The fourth-order valence-corrected chi connectivity index (χ4v) is 1.62. The summed E-state index contributed by atoms with van der Waals surface area (Å²) in [6.45, 7) is 5.39. The van der Waals surface area contributed by atoms with Gasteiger partial charge in [0.25, 0.3) is 0 Å². The van der Waals surface area contributed by atoms with E-state index in [1.807, 2.05) is 19.1 Å². The SMILES string of the molecule is CCCCCNCC(=O)N(C)c1ccc(C)nc1. The summed E-state index contributed by atoms with van der Waals surface area (Å²) in [5, 5.41) is 3.17. The highest BCUT2D eigenvalue weighted by molar-refractivity contribution is 5.94. The van der Waals surface area contributed by atoms with Gasteiger partial charge < -0.3 is 10.2 Å². The first kappa shape index (κ1) is 14.6. The number of amides is 1. The number of unbranched alkanes of at least 4 members (excludes halogenated alkanes) is 2. The Morgan fingerprint density at radius 3 is 2.78 bits per heavy atom. The highest BCUT2D eigenvalue weighted by atomic mass is 16.2. The fraction of sp³-hybridized carbons (Fsp3) is 0.571. The molecular weight excluding hydrogens is 226 g/mol. The van der Waals surface area contributed by atoms with Gasteiger partial charge in [0.1, 0.15) is 0 Å². The lowest BCUT2D eigenvalue weighted by Gasteiger charge is -2.17. The van der Waals surface area contributed by atoms with Crippen LogP contribution in [0.5, 0.6) is 0 Å². The highest BCUT2D eigenvalue weighted by Crippen LogP contribution is 2.10. The van der Waals surface area contributed by atoms with Crippen molar-refractivity contribution in [3.8, 4) is 0 Å². The van der Waals surface area contributed by atoms with Crippen molar-refractivity contribution in [3.05, 3.63) is 24.0 Å². The summed E-state index contributed by atoms with van der Waals surface area (Å²) in [7, 11) is 1.78. The molecule has 1 aromatic heterocycles. The van der Waals surface area contributed by atoms with Crippen LogP contribution in [0.25, 0.3) is 0 Å². The zero-order valence-electron chi connectivity index (χ0n) is 11.6. The number of hydrogen-bond acceptors (Lipinski definition) is 3. The van der Waals surface area contributed by atoms with E-state index in [-0.39, 0.29) is 5.91 Å². The third kappa shape index (κ3) is 4.84. The molecule has 0 saturated carbocycles. The summed E-state index contributed by atoms with van der Waals surface area (Å²) in [4.78, 5) is 17.7. The number of nitrogens with one attached hydrogen (secondary N) is 1. The van der Waals surface area contributed by atoms with Gasteiger partial charge in [0.05, 0.1) is 18.4 Å². The van der Waals surface area contributed by atoms with Crippen molar-refractivity contribution in [2.24, 2.45) is 0 Å². The number of nitrogens with zero attached hydrogens (tertiary/aromatic N) is 2. The van der Waals surface area contributed by atoms with E-state index in [0.29, 0.717) is 6.54 Å². The highest BCUT2D eigenvalue weighted by Gasteiger charge is 2.10. The average Bonchev–Trinajstić information content (AvgIpc) is 2.38. The summed E-state index contributed by atoms with van der Waals surface area (Å²) >= 11 is 0.